The molecule has 0 radical (unpaired) electrons. The van der Waals surface area contributed by atoms with Crippen LogP contribution < -0.4 is 15.2 Å². The minimum absolute atomic E-state index is 0.421. The van der Waals surface area contributed by atoms with Crippen LogP contribution in [0.25, 0.3) is 0 Å². The van der Waals surface area contributed by atoms with Crippen molar-refractivity contribution in [2.45, 2.75) is 11.8 Å². The lowest BCUT2D eigenvalue weighted by Gasteiger charge is -2.09. The second-order valence-electron chi connectivity index (χ2n) is 6.75. The fourth-order valence-electron chi connectivity index (χ4n) is 2.59. The summed E-state index contributed by atoms with van der Waals surface area (Å²) in [4.78, 5) is 23.6. The van der Waals surface area contributed by atoms with Gasteiger partial charge in [0, 0.05) is 5.69 Å². The fourth-order valence-corrected chi connectivity index (χ4v) is 3.13. The molecule has 0 heterocycles. The number of benzene rings is 3. The zero-order valence-electron chi connectivity index (χ0n) is 16.9. The number of esters is 1. The topological polar surface area (TPSA) is 125 Å². The second-order valence-corrected chi connectivity index (χ2v) is 8.31. The fraction of sp³-hybridized carbons (Fsp3) is 0.0909. The number of nitrogens with two attached hydrogens (primary N) is 1. The Labute approximate surface area is 183 Å². The summed E-state index contributed by atoms with van der Waals surface area (Å²) in [5.74, 6) is -1.66. The number of anilines is 1. The van der Waals surface area contributed by atoms with Crippen molar-refractivity contribution in [3.63, 3.8) is 0 Å². The molecular weight excluding hydrogens is 439 g/mol. The Morgan fingerprint density at radius 2 is 1.56 bits per heavy atom. The summed E-state index contributed by atoms with van der Waals surface area (Å²) in [5.41, 5.74) is 0.877. The third kappa shape index (κ3) is 6.13. The molecule has 0 fully saturated rings. The molecule has 0 bridgehead atoms. The average Bonchev–Trinajstić information content (AvgIpc) is 2.74. The van der Waals surface area contributed by atoms with Crippen molar-refractivity contribution in [2.24, 2.45) is 5.14 Å². The molecule has 0 aliphatic heterocycles. The predicted octanol–water partition coefficient (Wildman–Crippen LogP) is 3.37. The molecule has 3 rings (SSSR count). The molecule has 3 N–H and O–H groups in total. The zero-order valence-corrected chi connectivity index (χ0v) is 17.7. The molecule has 166 valence electrons. The van der Waals surface area contributed by atoms with Gasteiger partial charge >= 0.3 is 5.97 Å². The molecule has 1 amide bonds. The zero-order chi connectivity index (χ0) is 23.3. The Morgan fingerprint density at radius 1 is 0.969 bits per heavy atom. The quantitative estimate of drug-likeness (QED) is 0.523. The maximum atomic E-state index is 13.8. The van der Waals surface area contributed by atoms with Crippen molar-refractivity contribution < 1.29 is 31.9 Å². The summed E-state index contributed by atoms with van der Waals surface area (Å²) >= 11 is 0. The lowest BCUT2D eigenvalue weighted by molar-refractivity contribution is -0.119. The van der Waals surface area contributed by atoms with Gasteiger partial charge in [0.15, 0.2) is 6.61 Å². The molecule has 0 saturated heterocycles. The number of carbonyl (C=O) groups is 2. The Balaban J connectivity index is 1.56. The Kier molecular flexibility index (Phi) is 6.86. The van der Waals surface area contributed by atoms with E-state index >= 15 is 0 Å². The van der Waals surface area contributed by atoms with Gasteiger partial charge in [0.05, 0.1) is 10.5 Å². The summed E-state index contributed by atoms with van der Waals surface area (Å²) in [6.45, 7) is 1.26. The molecule has 0 aromatic heterocycles. The van der Waals surface area contributed by atoms with Gasteiger partial charge in [0.2, 0.25) is 10.0 Å². The summed E-state index contributed by atoms with van der Waals surface area (Å²) in [6, 6.07) is 16.4. The molecule has 0 aliphatic carbocycles. The number of halogens is 1. The summed E-state index contributed by atoms with van der Waals surface area (Å²) in [7, 11) is -4.14. The maximum absolute atomic E-state index is 13.8. The first kappa shape index (κ1) is 22.9. The molecule has 3 aromatic rings. The first-order valence-corrected chi connectivity index (χ1v) is 10.8. The molecule has 0 unspecified atom stereocenters. The van der Waals surface area contributed by atoms with Crippen LogP contribution in [-0.4, -0.2) is 26.9 Å². The number of hydrogen-bond acceptors (Lipinski definition) is 6. The number of sulfonamides is 1. The Morgan fingerprint density at radius 3 is 2.16 bits per heavy atom. The van der Waals surface area contributed by atoms with Crippen molar-refractivity contribution in [3.05, 3.63) is 83.7 Å². The Bertz CT molecular complexity index is 1240. The van der Waals surface area contributed by atoms with Crippen LogP contribution in [0.3, 0.4) is 0 Å². The number of hydrogen-bond donors (Lipinski definition) is 2. The van der Waals surface area contributed by atoms with Gasteiger partial charge in [0.1, 0.15) is 17.3 Å². The van der Waals surface area contributed by atoms with Crippen LogP contribution in [-0.2, 0) is 19.6 Å². The highest BCUT2D eigenvalue weighted by atomic mass is 32.2. The first-order chi connectivity index (χ1) is 15.1. The van der Waals surface area contributed by atoms with E-state index in [1.54, 1.807) is 24.3 Å². The van der Waals surface area contributed by atoms with E-state index in [0.717, 1.165) is 23.8 Å². The number of ether oxygens (including phenoxy) is 2. The number of amides is 1. The van der Waals surface area contributed by atoms with Crippen LogP contribution in [0.4, 0.5) is 10.1 Å². The largest absolute Gasteiger partial charge is 0.457 e. The van der Waals surface area contributed by atoms with E-state index in [1.165, 1.54) is 0 Å². The van der Waals surface area contributed by atoms with Crippen LogP contribution in [0.2, 0.25) is 0 Å². The second kappa shape index (κ2) is 9.58. The van der Waals surface area contributed by atoms with Crippen LogP contribution in [0, 0.1) is 12.7 Å². The number of rotatable bonds is 7. The predicted molar refractivity (Wildman–Crippen MR) is 114 cm³/mol. The van der Waals surface area contributed by atoms with E-state index in [1.807, 2.05) is 31.2 Å². The van der Waals surface area contributed by atoms with E-state index in [-0.39, 0.29) is 0 Å². The maximum Gasteiger partial charge on any atom is 0.341 e. The molecule has 8 nitrogen and oxygen atoms in total. The van der Waals surface area contributed by atoms with Gasteiger partial charge in [-0.05, 0) is 61.5 Å². The summed E-state index contributed by atoms with van der Waals surface area (Å²) in [6.07, 6.45) is 0. The first-order valence-electron chi connectivity index (χ1n) is 9.26. The summed E-state index contributed by atoms with van der Waals surface area (Å²) < 4.78 is 47.0. The van der Waals surface area contributed by atoms with Crippen molar-refractivity contribution in [1.29, 1.82) is 0 Å². The van der Waals surface area contributed by atoms with Gasteiger partial charge in [-0.2, -0.15) is 0 Å². The molecular formula is C22H19FN2O6S. The van der Waals surface area contributed by atoms with E-state index < -0.39 is 44.8 Å². The van der Waals surface area contributed by atoms with Gasteiger partial charge in [-0.1, -0.05) is 17.7 Å². The monoisotopic (exact) mass is 458 g/mol. The highest BCUT2D eigenvalue weighted by Gasteiger charge is 2.19. The SMILES string of the molecule is Cc1ccc(Oc2ccc(NC(=O)COC(=O)c3cc(S(N)(=O)=O)ccc3F)cc2)cc1. The number of nitrogens with one attached hydrogen (secondary N) is 1. The number of carbonyl (C=O) groups excluding carboxylic acids is 2. The summed E-state index contributed by atoms with van der Waals surface area (Å²) in [5, 5.41) is 7.48. The van der Waals surface area contributed by atoms with Crippen molar-refractivity contribution in [2.75, 3.05) is 11.9 Å². The molecule has 0 saturated carbocycles. The molecule has 0 aliphatic rings. The molecule has 0 spiro atoms. The molecule has 10 heteroatoms. The number of aryl methyl sites for hydroxylation is 1. The van der Waals surface area contributed by atoms with Crippen molar-refractivity contribution in [3.8, 4) is 11.5 Å². The van der Waals surface area contributed by atoms with Gasteiger partial charge in [-0.3, -0.25) is 4.79 Å². The van der Waals surface area contributed by atoms with Gasteiger partial charge in [0.25, 0.3) is 5.91 Å². The number of primary sulfonamides is 1. The minimum atomic E-state index is -4.14. The Hall–Kier alpha value is -3.76. The van der Waals surface area contributed by atoms with Crippen LogP contribution in [0.1, 0.15) is 15.9 Å². The van der Waals surface area contributed by atoms with Gasteiger partial charge < -0.3 is 14.8 Å². The third-order valence-electron chi connectivity index (χ3n) is 4.22. The highest BCUT2D eigenvalue weighted by Crippen LogP contribution is 2.23. The lowest BCUT2D eigenvalue weighted by Crippen LogP contribution is -2.21. The third-order valence-corrected chi connectivity index (χ3v) is 5.13. The normalized spacial score (nSPS) is 11.0. The standard InChI is InChI=1S/C22H19FN2O6S/c1-14-2-6-16(7-3-14)31-17-8-4-15(5-9-17)25-21(26)13-30-22(27)19-12-18(32(24,28)29)10-11-20(19)23/h2-12H,13H2,1H3,(H,25,26)(H2,24,28,29). The average molecular weight is 458 g/mol. The van der Waals surface area contributed by atoms with Crippen molar-refractivity contribution >= 4 is 27.6 Å². The molecule has 32 heavy (non-hydrogen) atoms. The van der Waals surface area contributed by atoms with Crippen LogP contribution in [0.15, 0.2) is 71.6 Å². The van der Waals surface area contributed by atoms with E-state index in [4.69, 9.17) is 14.6 Å². The van der Waals surface area contributed by atoms with Crippen LogP contribution >= 0.6 is 0 Å². The van der Waals surface area contributed by atoms with E-state index in [2.05, 4.69) is 5.32 Å². The van der Waals surface area contributed by atoms with E-state index in [0.29, 0.717) is 17.2 Å². The smallest absolute Gasteiger partial charge is 0.341 e. The van der Waals surface area contributed by atoms with E-state index in [9.17, 15) is 22.4 Å². The van der Waals surface area contributed by atoms with Gasteiger partial charge in [-0.15, -0.1) is 0 Å². The molecule has 3 aromatic carbocycles. The van der Waals surface area contributed by atoms with Gasteiger partial charge in [-0.25, -0.2) is 22.7 Å². The minimum Gasteiger partial charge on any atom is -0.457 e. The van der Waals surface area contributed by atoms with Crippen LogP contribution in [0.5, 0.6) is 11.5 Å². The van der Waals surface area contributed by atoms with Crippen molar-refractivity contribution in [1.82, 2.24) is 0 Å². The highest BCUT2D eigenvalue weighted by molar-refractivity contribution is 7.89. The molecule has 0 atom stereocenters. The lowest BCUT2D eigenvalue weighted by atomic mass is 10.2.